The molecule has 0 aromatic heterocycles. The summed E-state index contributed by atoms with van der Waals surface area (Å²) in [7, 11) is 0. The second kappa shape index (κ2) is 7.92. The number of carbonyl (C=O) groups excluding carboxylic acids is 2. The van der Waals surface area contributed by atoms with E-state index in [0.717, 1.165) is 5.56 Å². The summed E-state index contributed by atoms with van der Waals surface area (Å²) in [5, 5.41) is 5.20. The maximum absolute atomic E-state index is 11.5. The van der Waals surface area contributed by atoms with Crippen LogP contribution < -0.4 is 10.6 Å². The molecule has 1 atom stereocenters. The van der Waals surface area contributed by atoms with Crippen LogP contribution in [0.3, 0.4) is 0 Å². The number of hydrogen-bond acceptors (Lipinski definition) is 3. The van der Waals surface area contributed by atoms with Gasteiger partial charge in [-0.2, -0.15) is 0 Å². The second-order valence-corrected chi connectivity index (χ2v) is 4.06. The van der Waals surface area contributed by atoms with E-state index < -0.39 is 6.09 Å². The van der Waals surface area contributed by atoms with Gasteiger partial charge in [-0.25, -0.2) is 4.79 Å². The molecule has 2 N–H and O–H groups in total. The van der Waals surface area contributed by atoms with Crippen LogP contribution in [0.2, 0.25) is 0 Å². The van der Waals surface area contributed by atoms with Gasteiger partial charge in [-0.05, 0) is 18.6 Å². The van der Waals surface area contributed by atoms with E-state index in [9.17, 15) is 9.59 Å². The highest BCUT2D eigenvalue weighted by Crippen LogP contribution is 2.00. The highest BCUT2D eigenvalue weighted by Gasteiger charge is 2.08. The van der Waals surface area contributed by atoms with Crippen LogP contribution in [0.5, 0.6) is 0 Å². The van der Waals surface area contributed by atoms with E-state index in [-0.39, 0.29) is 18.6 Å². The Bertz CT molecular complexity index is 432. The van der Waals surface area contributed by atoms with Gasteiger partial charge in [-0.3, -0.25) is 4.79 Å². The number of rotatable bonds is 6. The average molecular weight is 262 g/mol. The van der Waals surface area contributed by atoms with Crippen molar-refractivity contribution in [3.05, 3.63) is 48.6 Å². The largest absolute Gasteiger partial charge is 0.445 e. The molecule has 0 aliphatic rings. The second-order valence-electron chi connectivity index (χ2n) is 4.06. The first kappa shape index (κ1) is 14.8. The molecule has 0 aliphatic heterocycles. The molecular formula is C14H18N2O3. The van der Waals surface area contributed by atoms with Gasteiger partial charge in [0.1, 0.15) is 6.61 Å². The van der Waals surface area contributed by atoms with Crippen LogP contribution >= 0.6 is 0 Å². The van der Waals surface area contributed by atoms with Crippen molar-refractivity contribution in [2.75, 3.05) is 6.54 Å². The molecular weight excluding hydrogens is 244 g/mol. The summed E-state index contributed by atoms with van der Waals surface area (Å²) in [6, 6.07) is 9.19. The Morgan fingerprint density at radius 2 is 2.05 bits per heavy atom. The topological polar surface area (TPSA) is 67.4 Å². The van der Waals surface area contributed by atoms with E-state index >= 15 is 0 Å². The molecule has 1 aromatic carbocycles. The van der Waals surface area contributed by atoms with Gasteiger partial charge in [0.05, 0.1) is 0 Å². The first-order valence-electron chi connectivity index (χ1n) is 5.99. The minimum Gasteiger partial charge on any atom is -0.445 e. The maximum atomic E-state index is 11.5. The van der Waals surface area contributed by atoms with Gasteiger partial charge in [0.2, 0.25) is 5.91 Å². The monoisotopic (exact) mass is 262 g/mol. The lowest BCUT2D eigenvalue weighted by Crippen LogP contribution is -2.41. The Balaban J connectivity index is 2.23. The van der Waals surface area contributed by atoms with E-state index in [0.29, 0.717) is 6.54 Å². The zero-order chi connectivity index (χ0) is 14.1. The molecule has 0 heterocycles. The quantitative estimate of drug-likeness (QED) is 0.765. The lowest BCUT2D eigenvalue weighted by molar-refractivity contribution is -0.116. The number of amides is 2. The smallest absolute Gasteiger partial charge is 0.407 e. The lowest BCUT2D eigenvalue weighted by Gasteiger charge is -2.14. The molecule has 0 bridgehead atoms. The Morgan fingerprint density at radius 1 is 1.37 bits per heavy atom. The van der Waals surface area contributed by atoms with Crippen molar-refractivity contribution in [1.29, 1.82) is 0 Å². The molecule has 1 unspecified atom stereocenters. The number of nitrogens with one attached hydrogen (secondary N) is 2. The predicted octanol–water partition coefficient (Wildman–Crippen LogP) is 1.60. The summed E-state index contributed by atoms with van der Waals surface area (Å²) in [4.78, 5) is 22.4. The third-order valence-electron chi connectivity index (χ3n) is 2.34. The Labute approximate surface area is 112 Å². The molecule has 0 spiro atoms. The van der Waals surface area contributed by atoms with Crippen LogP contribution in [0.1, 0.15) is 12.5 Å². The molecule has 102 valence electrons. The highest BCUT2D eigenvalue weighted by molar-refractivity contribution is 5.86. The van der Waals surface area contributed by atoms with Crippen molar-refractivity contribution in [3.8, 4) is 0 Å². The zero-order valence-electron chi connectivity index (χ0n) is 10.9. The van der Waals surface area contributed by atoms with Crippen LogP contribution in [0, 0.1) is 0 Å². The normalized spacial score (nSPS) is 11.2. The summed E-state index contributed by atoms with van der Waals surface area (Å²) in [5.41, 5.74) is 0.922. The third kappa shape index (κ3) is 6.26. The van der Waals surface area contributed by atoms with Crippen molar-refractivity contribution in [2.24, 2.45) is 0 Å². The van der Waals surface area contributed by atoms with Crippen LogP contribution in [-0.2, 0) is 16.1 Å². The number of alkyl carbamates (subject to hydrolysis) is 1. The Morgan fingerprint density at radius 3 is 2.68 bits per heavy atom. The minimum atomic E-state index is -0.510. The SMILES string of the molecule is C=CC(=O)NCC(C)NC(=O)OCc1ccccc1. The summed E-state index contributed by atoms with van der Waals surface area (Å²) in [6.45, 7) is 5.65. The van der Waals surface area contributed by atoms with E-state index in [1.54, 1.807) is 6.92 Å². The lowest BCUT2D eigenvalue weighted by atomic mass is 10.2. The Hall–Kier alpha value is -2.30. The molecule has 19 heavy (non-hydrogen) atoms. The fourth-order valence-corrected chi connectivity index (χ4v) is 1.34. The third-order valence-corrected chi connectivity index (χ3v) is 2.34. The van der Waals surface area contributed by atoms with Gasteiger partial charge in [-0.15, -0.1) is 0 Å². The average Bonchev–Trinajstić information content (AvgIpc) is 2.43. The van der Waals surface area contributed by atoms with E-state index in [1.807, 2.05) is 30.3 Å². The number of benzene rings is 1. The zero-order valence-corrected chi connectivity index (χ0v) is 10.9. The van der Waals surface area contributed by atoms with Crippen LogP contribution in [0.15, 0.2) is 43.0 Å². The summed E-state index contributed by atoms with van der Waals surface area (Å²) >= 11 is 0. The minimum absolute atomic E-state index is 0.216. The molecule has 1 aromatic rings. The molecule has 2 amide bonds. The van der Waals surface area contributed by atoms with Crippen molar-refractivity contribution in [2.45, 2.75) is 19.6 Å². The first-order valence-corrected chi connectivity index (χ1v) is 5.99. The van der Waals surface area contributed by atoms with Crippen molar-refractivity contribution >= 4 is 12.0 Å². The van der Waals surface area contributed by atoms with Crippen LogP contribution in [0.25, 0.3) is 0 Å². The maximum Gasteiger partial charge on any atom is 0.407 e. The molecule has 0 fully saturated rings. The first-order chi connectivity index (χ1) is 9.11. The summed E-state index contributed by atoms with van der Waals surface area (Å²) in [5.74, 6) is -0.272. The van der Waals surface area contributed by atoms with Gasteiger partial charge in [-0.1, -0.05) is 36.9 Å². The van der Waals surface area contributed by atoms with E-state index in [1.165, 1.54) is 6.08 Å². The van der Waals surface area contributed by atoms with Gasteiger partial charge in [0.25, 0.3) is 0 Å². The Kier molecular flexibility index (Phi) is 6.15. The van der Waals surface area contributed by atoms with Gasteiger partial charge in [0, 0.05) is 12.6 Å². The van der Waals surface area contributed by atoms with Crippen molar-refractivity contribution < 1.29 is 14.3 Å². The van der Waals surface area contributed by atoms with Gasteiger partial charge >= 0.3 is 6.09 Å². The van der Waals surface area contributed by atoms with Crippen LogP contribution in [-0.4, -0.2) is 24.6 Å². The van der Waals surface area contributed by atoms with Crippen LogP contribution in [0.4, 0.5) is 4.79 Å². The standard InChI is InChI=1S/C14H18N2O3/c1-3-13(17)15-9-11(2)16-14(18)19-10-12-7-5-4-6-8-12/h3-8,11H,1,9-10H2,2H3,(H,15,17)(H,16,18). The fourth-order valence-electron chi connectivity index (χ4n) is 1.34. The molecule has 5 heteroatoms. The number of carbonyl (C=O) groups is 2. The predicted molar refractivity (Wildman–Crippen MR) is 72.4 cm³/mol. The molecule has 0 saturated carbocycles. The highest BCUT2D eigenvalue weighted by atomic mass is 16.5. The van der Waals surface area contributed by atoms with Crippen molar-refractivity contribution in [3.63, 3.8) is 0 Å². The summed E-state index contributed by atoms with van der Waals surface area (Å²) < 4.78 is 5.05. The van der Waals surface area contributed by atoms with Gasteiger partial charge in [0.15, 0.2) is 0 Å². The molecule has 0 saturated heterocycles. The number of hydrogen-bond donors (Lipinski definition) is 2. The molecule has 5 nitrogen and oxygen atoms in total. The van der Waals surface area contributed by atoms with E-state index in [2.05, 4.69) is 17.2 Å². The molecule has 0 radical (unpaired) electrons. The van der Waals surface area contributed by atoms with Crippen molar-refractivity contribution in [1.82, 2.24) is 10.6 Å². The summed E-state index contributed by atoms with van der Waals surface area (Å²) in [6.07, 6.45) is 0.671. The fraction of sp³-hybridized carbons (Fsp3) is 0.286. The molecule has 1 rings (SSSR count). The van der Waals surface area contributed by atoms with Gasteiger partial charge < -0.3 is 15.4 Å². The van der Waals surface area contributed by atoms with E-state index in [4.69, 9.17) is 4.74 Å². The number of ether oxygens (including phenoxy) is 1. The molecule has 0 aliphatic carbocycles.